The van der Waals surface area contributed by atoms with Gasteiger partial charge in [-0.25, -0.2) is 0 Å². The smallest absolute Gasteiger partial charge is 0.143 e. The quantitative estimate of drug-likeness (QED) is 0.187. The highest BCUT2D eigenvalue weighted by Crippen LogP contribution is 2.41. The van der Waals surface area contributed by atoms with Crippen LogP contribution in [0.2, 0.25) is 0 Å². The van der Waals surface area contributed by atoms with E-state index in [0.29, 0.717) is 0 Å². The summed E-state index contributed by atoms with van der Waals surface area (Å²) in [7, 11) is 0. The van der Waals surface area contributed by atoms with Crippen LogP contribution >= 0.6 is 0 Å². The van der Waals surface area contributed by atoms with Crippen LogP contribution in [0.3, 0.4) is 0 Å². The average Bonchev–Trinajstić information content (AvgIpc) is 3.50. The molecule has 0 amide bonds. The number of aryl methyl sites for hydroxylation is 1. The first-order valence-corrected chi connectivity index (χ1v) is 15.8. The Morgan fingerprint density at radius 2 is 0.957 bits per heavy atom. The molecule has 1 nitrogen and oxygen atoms in total. The SMILES string of the molecule is Cc1ccc(-c2cc(-c3cccc(-c4cc5ccccc5c5ccccc45)c3)cc(-c3cccc4c3oc3ccccc34)c2)cc1. The van der Waals surface area contributed by atoms with E-state index in [1.54, 1.807) is 0 Å². The van der Waals surface area contributed by atoms with Crippen LogP contribution in [-0.2, 0) is 0 Å². The molecular weight excluding hydrogens is 556 g/mol. The standard InChI is InChI=1S/C45H30O/c1-29-20-22-30(23-21-29)34-25-35(27-36(26-34)38-17-9-18-42-41-16-6-7-19-44(41)46-45(38)42)31-11-8-12-32(24-31)43-28-33-10-2-3-13-37(33)39-14-4-5-15-40(39)43/h2-28H,1H3. The van der Waals surface area contributed by atoms with E-state index in [1.165, 1.54) is 60.5 Å². The van der Waals surface area contributed by atoms with E-state index in [4.69, 9.17) is 4.42 Å². The van der Waals surface area contributed by atoms with E-state index in [9.17, 15) is 0 Å². The fourth-order valence-corrected chi connectivity index (χ4v) is 7.00. The first-order chi connectivity index (χ1) is 22.7. The van der Waals surface area contributed by atoms with E-state index in [1.807, 2.05) is 6.07 Å². The molecule has 8 aromatic carbocycles. The zero-order valence-electron chi connectivity index (χ0n) is 25.5. The van der Waals surface area contributed by atoms with Gasteiger partial charge >= 0.3 is 0 Å². The van der Waals surface area contributed by atoms with Crippen molar-refractivity contribution in [3.05, 3.63) is 169 Å². The molecule has 0 unspecified atom stereocenters. The number of benzene rings is 8. The van der Waals surface area contributed by atoms with Gasteiger partial charge in [0.05, 0.1) is 0 Å². The van der Waals surface area contributed by atoms with Crippen molar-refractivity contribution in [2.24, 2.45) is 0 Å². The molecule has 46 heavy (non-hydrogen) atoms. The minimum atomic E-state index is 0.912. The summed E-state index contributed by atoms with van der Waals surface area (Å²) in [6, 6.07) is 59.3. The van der Waals surface area contributed by atoms with Gasteiger partial charge in [-0.3, -0.25) is 0 Å². The molecule has 0 saturated carbocycles. The Kier molecular flexibility index (Phi) is 6.11. The number of furan rings is 1. The van der Waals surface area contributed by atoms with Crippen LogP contribution in [0.15, 0.2) is 168 Å². The number of hydrogen-bond donors (Lipinski definition) is 0. The molecule has 1 heterocycles. The van der Waals surface area contributed by atoms with Gasteiger partial charge in [0.15, 0.2) is 0 Å². The van der Waals surface area contributed by atoms with Gasteiger partial charge in [0.2, 0.25) is 0 Å². The van der Waals surface area contributed by atoms with E-state index in [2.05, 4.69) is 165 Å². The largest absolute Gasteiger partial charge is 0.455 e. The number of fused-ring (bicyclic) bond motifs is 6. The monoisotopic (exact) mass is 586 g/mol. The van der Waals surface area contributed by atoms with Crippen LogP contribution < -0.4 is 0 Å². The fraction of sp³-hybridized carbons (Fsp3) is 0.0222. The van der Waals surface area contributed by atoms with Crippen molar-refractivity contribution in [2.45, 2.75) is 6.92 Å². The lowest BCUT2D eigenvalue weighted by Gasteiger charge is -2.14. The Balaban J connectivity index is 1.26. The van der Waals surface area contributed by atoms with E-state index in [-0.39, 0.29) is 0 Å². The maximum Gasteiger partial charge on any atom is 0.143 e. The molecule has 0 spiro atoms. The summed E-state index contributed by atoms with van der Waals surface area (Å²) >= 11 is 0. The second kappa shape index (κ2) is 10.6. The molecule has 1 aromatic heterocycles. The summed E-state index contributed by atoms with van der Waals surface area (Å²) in [6.45, 7) is 2.13. The van der Waals surface area contributed by atoms with Crippen LogP contribution in [0.4, 0.5) is 0 Å². The molecule has 0 bridgehead atoms. The maximum absolute atomic E-state index is 6.50. The second-order valence-corrected chi connectivity index (χ2v) is 12.2. The Hall–Kier alpha value is -5.92. The second-order valence-electron chi connectivity index (χ2n) is 12.2. The summed E-state index contributed by atoms with van der Waals surface area (Å²) in [4.78, 5) is 0. The first kappa shape index (κ1) is 26.5. The van der Waals surface area contributed by atoms with E-state index < -0.39 is 0 Å². The van der Waals surface area contributed by atoms with Gasteiger partial charge in [-0.15, -0.1) is 0 Å². The van der Waals surface area contributed by atoms with Crippen molar-refractivity contribution in [3.63, 3.8) is 0 Å². The highest BCUT2D eigenvalue weighted by atomic mass is 16.3. The van der Waals surface area contributed by atoms with Gasteiger partial charge in [-0.1, -0.05) is 133 Å². The lowest BCUT2D eigenvalue weighted by atomic mass is 9.90. The molecule has 216 valence electrons. The Labute approximate surface area is 268 Å². The molecule has 0 radical (unpaired) electrons. The summed E-state index contributed by atoms with van der Waals surface area (Å²) in [5.41, 5.74) is 12.5. The zero-order valence-corrected chi connectivity index (χ0v) is 25.5. The average molecular weight is 587 g/mol. The lowest BCUT2D eigenvalue weighted by molar-refractivity contribution is 0.670. The van der Waals surface area contributed by atoms with Crippen molar-refractivity contribution >= 4 is 43.5 Å². The molecule has 0 aliphatic carbocycles. The molecule has 0 atom stereocenters. The molecule has 0 N–H and O–H groups in total. The van der Waals surface area contributed by atoms with E-state index >= 15 is 0 Å². The number of hydrogen-bond acceptors (Lipinski definition) is 1. The Morgan fingerprint density at radius 3 is 1.80 bits per heavy atom. The molecule has 0 aliphatic heterocycles. The Bertz CT molecular complexity index is 2580. The zero-order chi connectivity index (χ0) is 30.6. The summed E-state index contributed by atoms with van der Waals surface area (Å²) in [5, 5.41) is 7.37. The topological polar surface area (TPSA) is 13.1 Å². The van der Waals surface area contributed by atoms with Gasteiger partial charge in [0, 0.05) is 16.3 Å². The molecule has 0 aliphatic rings. The predicted octanol–water partition coefficient (Wildman–Crippen LogP) is 12.9. The minimum absolute atomic E-state index is 0.912. The van der Waals surface area contributed by atoms with Gasteiger partial charge in [-0.05, 0) is 104 Å². The summed E-state index contributed by atoms with van der Waals surface area (Å²) in [6.07, 6.45) is 0. The van der Waals surface area contributed by atoms with Crippen LogP contribution in [0.25, 0.3) is 88.0 Å². The fourth-order valence-electron chi connectivity index (χ4n) is 7.00. The van der Waals surface area contributed by atoms with Gasteiger partial charge in [0.1, 0.15) is 11.2 Å². The summed E-state index contributed by atoms with van der Waals surface area (Å²) < 4.78 is 6.50. The minimum Gasteiger partial charge on any atom is -0.455 e. The lowest BCUT2D eigenvalue weighted by Crippen LogP contribution is -1.88. The number of para-hydroxylation sites is 2. The predicted molar refractivity (Wildman–Crippen MR) is 195 cm³/mol. The van der Waals surface area contributed by atoms with Crippen LogP contribution in [0.5, 0.6) is 0 Å². The van der Waals surface area contributed by atoms with Crippen molar-refractivity contribution in [2.75, 3.05) is 0 Å². The van der Waals surface area contributed by atoms with Crippen molar-refractivity contribution in [1.29, 1.82) is 0 Å². The normalized spacial score (nSPS) is 11.6. The Morgan fingerprint density at radius 1 is 0.348 bits per heavy atom. The van der Waals surface area contributed by atoms with Gasteiger partial charge in [-0.2, -0.15) is 0 Å². The molecular formula is C45H30O. The summed E-state index contributed by atoms with van der Waals surface area (Å²) in [5.74, 6) is 0. The highest BCUT2D eigenvalue weighted by Gasteiger charge is 2.15. The molecule has 9 rings (SSSR count). The molecule has 9 aromatic rings. The van der Waals surface area contributed by atoms with Gasteiger partial charge in [0.25, 0.3) is 0 Å². The van der Waals surface area contributed by atoms with E-state index in [0.717, 1.165) is 33.1 Å². The third-order valence-electron chi connectivity index (χ3n) is 9.31. The highest BCUT2D eigenvalue weighted by molar-refractivity contribution is 6.14. The van der Waals surface area contributed by atoms with Crippen molar-refractivity contribution < 1.29 is 4.42 Å². The van der Waals surface area contributed by atoms with Crippen LogP contribution in [0, 0.1) is 6.92 Å². The molecule has 0 saturated heterocycles. The van der Waals surface area contributed by atoms with Crippen molar-refractivity contribution in [1.82, 2.24) is 0 Å². The molecule has 0 fully saturated rings. The third-order valence-corrected chi connectivity index (χ3v) is 9.31. The third kappa shape index (κ3) is 4.40. The first-order valence-electron chi connectivity index (χ1n) is 15.8. The van der Waals surface area contributed by atoms with Crippen molar-refractivity contribution in [3.8, 4) is 44.5 Å². The van der Waals surface area contributed by atoms with Crippen LogP contribution in [0.1, 0.15) is 5.56 Å². The molecule has 1 heteroatoms. The van der Waals surface area contributed by atoms with Gasteiger partial charge < -0.3 is 4.42 Å². The number of rotatable bonds is 4. The maximum atomic E-state index is 6.50. The van der Waals surface area contributed by atoms with Crippen LogP contribution in [-0.4, -0.2) is 0 Å².